The molecule has 1 aromatic rings. The zero-order valence-electron chi connectivity index (χ0n) is 10.2. The molecule has 0 bridgehead atoms. The molecule has 4 nitrogen and oxygen atoms in total. The number of fused-ring (bicyclic) bond motifs is 1. The zero-order valence-corrected chi connectivity index (χ0v) is 10.2. The Morgan fingerprint density at radius 3 is 2.78 bits per heavy atom. The van der Waals surface area contributed by atoms with Crippen LogP contribution in [0.2, 0.25) is 0 Å². The molecule has 1 aromatic carbocycles. The van der Waals surface area contributed by atoms with Crippen molar-refractivity contribution >= 4 is 5.91 Å². The highest BCUT2D eigenvalue weighted by Crippen LogP contribution is 2.31. The lowest BCUT2D eigenvalue weighted by Gasteiger charge is -2.40. The molecule has 1 amide bonds. The lowest BCUT2D eigenvalue weighted by atomic mass is 9.77. The predicted molar refractivity (Wildman–Crippen MR) is 66.1 cm³/mol. The highest BCUT2D eigenvalue weighted by Gasteiger charge is 2.37. The number of carbonyl (C=O) groups is 1. The van der Waals surface area contributed by atoms with E-state index >= 15 is 0 Å². The second kappa shape index (κ2) is 4.37. The predicted octanol–water partition coefficient (Wildman–Crippen LogP) is 1.36. The van der Waals surface area contributed by atoms with Gasteiger partial charge in [-0.15, -0.1) is 0 Å². The zero-order chi connectivity index (χ0) is 12.6. The van der Waals surface area contributed by atoms with E-state index in [4.69, 9.17) is 4.74 Å². The number of hydrogen-bond acceptors (Lipinski definition) is 3. The van der Waals surface area contributed by atoms with E-state index in [0.29, 0.717) is 18.8 Å². The first-order valence-electron chi connectivity index (χ1n) is 6.35. The molecule has 0 atom stereocenters. The normalized spacial score (nSPS) is 20.1. The second-order valence-electron chi connectivity index (χ2n) is 5.22. The lowest BCUT2D eigenvalue weighted by Crippen LogP contribution is -2.56. The molecule has 1 heterocycles. The van der Waals surface area contributed by atoms with Crippen LogP contribution in [0.4, 0.5) is 0 Å². The van der Waals surface area contributed by atoms with Gasteiger partial charge in [0.1, 0.15) is 0 Å². The van der Waals surface area contributed by atoms with Crippen molar-refractivity contribution in [3.63, 3.8) is 0 Å². The van der Waals surface area contributed by atoms with Gasteiger partial charge >= 0.3 is 0 Å². The number of amides is 1. The molecule has 0 spiro atoms. The average molecular weight is 247 g/mol. The Bertz CT molecular complexity index is 474. The van der Waals surface area contributed by atoms with Crippen molar-refractivity contribution in [3.05, 3.63) is 34.9 Å². The molecule has 1 aliphatic heterocycles. The van der Waals surface area contributed by atoms with Gasteiger partial charge < -0.3 is 15.2 Å². The highest BCUT2D eigenvalue weighted by molar-refractivity contribution is 5.95. The van der Waals surface area contributed by atoms with Crippen LogP contribution >= 0.6 is 0 Å². The molecule has 1 fully saturated rings. The van der Waals surface area contributed by atoms with Crippen LogP contribution in [0, 0.1) is 0 Å². The van der Waals surface area contributed by atoms with Crippen molar-refractivity contribution in [1.29, 1.82) is 0 Å². The van der Waals surface area contributed by atoms with Gasteiger partial charge in [-0.2, -0.15) is 0 Å². The summed E-state index contributed by atoms with van der Waals surface area (Å²) in [5.74, 6) is -0.0987. The van der Waals surface area contributed by atoms with Crippen molar-refractivity contribution < 1.29 is 14.6 Å². The summed E-state index contributed by atoms with van der Waals surface area (Å²) in [4.78, 5) is 12.1. The molecule has 2 aliphatic rings. The number of carbonyl (C=O) groups excluding carboxylic acids is 1. The van der Waals surface area contributed by atoms with Gasteiger partial charge in [0.2, 0.25) is 0 Å². The Morgan fingerprint density at radius 2 is 2.11 bits per heavy atom. The third-order valence-corrected chi connectivity index (χ3v) is 3.98. The summed E-state index contributed by atoms with van der Waals surface area (Å²) in [5, 5.41) is 12.3. The number of nitrogens with one attached hydrogen (secondary N) is 1. The van der Waals surface area contributed by atoms with Crippen LogP contribution in [0.25, 0.3) is 0 Å². The molecule has 18 heavy (non-hydrogen) atoms. The first-order chi connectivity index (χ1) is 8.72. The van der Waals surface area contributed by atoms with E-state index in [1.165, 1.54) is 0 Å². The summed E-state index contributed by atoms with van der Waals surface area (Å²) in [5.41, 5.74) is 2.52. The summed E-state index contributed by atoms with van der Waals surface area (Å²) in [7, 11) is 0. The molecule has 1 aliphatic carbocycles. The van der Waals surface area contributed by atoms with Gasteiger partial charge in [0.25, 0.3) is 5.91 Å². The van der Waals surface area contributed by atoms with Crippen molar-refractivity contribution in [2.75, 3.05) is 6.61 Å². The Labute approximate surface area is 106 Å². The van der Waals surface area contributed by atoms with Crippen LogP contribution in [0.3, 0.4) is 0 Å². The minimum absolute atomic E-state index is 0.0206. The molecule has 4 heteroatoms. The van der Waals surface area contributed by atoms with E-state index in [1.54, 1.807) is 0 Å². The molecular formula is C14H17NO3. The monoisotopic (exact) mass is 247 g/mol. The van der Waals surface area contributed by atoms with Gasteiger partial charge in [-0.3, -0.25) is 4.79 Å². The summed E-state index contributed by atoms with van der Waals surface area (Å²) < 4.78 is 5.33. The number of rotatable bonds is 3. The third-order valence-electron chi connectivity index (χ3n) is 3.98. The molecule has 96 valence electrons. The Morgan fingerprint density at radius 1 is 1.33 bits per heavy atom. The molecule has 0 aromatic heterocycles. The summed E-state index contributed by atoms with van der Waals surface area (Å²) in [6, 6.07) is 5.66. The van der Waals surface area contributed by atoms with E-state index in [9.17, 15) is 9.90 Å². The minimum Gasteiger partial charge on any atom is -0.394 e. The van der Waals surface area contributed by atoms with Gasteiger partial charge in [0, 0.05) is 5.56 Å². The molecular weight excluding hydrogens is 230 g/mol. The largest absolute Gasteiger partial charge is 0.394 e. The summed E-state index contributed by atoms with van der Waals surface area (Å²) in [6.45, 7) is 1.24. The van der Waals surface area contributed by atoms with Gasteiger partial charge in [0.05, 0.1) is 25.4 Å². The van der Waals surface area contributed by atoms with Gasteiger partial charge in [0.15, 0.2) is 0 Å². The Kier molecular flexibility index (Phi) is 2.84. The van der Waals surface area contributed by atoms with E-state index in [1.807, 2.05) is 18.2 Å². The van der Waals surface area contributed by atoms with Crippen LogP contribution in [0.5, 0.6) is 0 Å². The first-order valence-corrected chi connectivity index (χ1v) is 6.35. The van der Waals surface area contributed by atoms with E-state index in [0.717, 1.165) is 30.4 Å². The number of ether oxygens (including phenoxy) is 1. The van der Waals surface area contributed by atoms with Gasteiger partial charge in [-0.25, -0.2) is 0 Å². The highest BCUT2D eigenvalue weighted by atomic mass is 16.5. The van der Waals surface area contributed by atoms with Crippen LogP contribution in [0.1, 0.15) is 40.7 Å². The Balaban J connectivity index is 1.76. The molecule has 1 saturated carbocycles. The van der Waals surface area contributed by atoms with Crippen molar-refractivity contribution in [2.24, 2.45) is 0 Å². The average Bonchev–Trinajstić information content (AvgIpc) is 2.80. The SMILES string of the molecule is O=C(NC1(CO)CCC1)c1ccc2c(c1)COC2. The van der Waals surface area contributed by atoms with Gasteiger partial charge in [-0.1, -0.05) is 6.07 Å². The fraction of sp³-hybridized carbons (Fsp3) is 0.500. The fourth-order valence-corrected chi connectivity index (χ4v) is 2.55. The minimum atomic E-state index is -0.382. The second-order valence-corrected chi connectivity index (χ2v) is 5.22. The quantitative estimate of drug-likeness (QED) is 0.848. The summed E-state index contributed by atoms with van der Waals surface area (Å²) >= 11 is 0. The smallest absolute Gasteiger partial charge is 0.251 e. The molecule has 0 saturated heterocycles. The molecule has 0 unspecified atom stereocenters. The third kappa shape index (κ3) is 1.91. The maximum atomic E-state index is 12.1. The van der Waals surface area contributed by atoms with Crippen LogP contribution in [-0.4, -0.2) is 23.2 Å². The van der Waals surface area contributed by atoms with Crippen molar-refractivity contribution in [1.82, 2.24) is 5.32 Å². The maximum Gasteiger partial charge on any atom is 0.251 e. The topological polar surface area (TPSA) is 58.6 Å². The number of hydrogen-bond donors (Lipinski definition) is 2. The first kappa shape index (κ1) is 11.7. The standard InChI is InChI=1S/C14H17NO3/c16-9-14(4-1-5-14)15-13(17)10-2-3-11-7-18-8-12(11)6-10/h2-3,6,16H,1,4-5,7-9H2,(H,15,17). The van der Waals surface area contributed by atoms with E-state index in [-0.39, 0.29) is 18.1 Å². The lowest BCUT2D eigenvalue weighted by molar-refractivity contribution is 0.0641. The molecule has 3 rings (SSSR count). The fourth-order valence-electron chi connectivity index (χ4n) is 2.55. The van der Waals surface area contributed by atoms with Crippen LogP contribution in [0.15, 0.2) is 18.2 Å². The van der Waals surface area contributed by atoms with E-state index in [2.05, 4.69) is 5.32 Å². The van der Waals surface area contributed by atoms with Gasteiger partial charge in [-0.05, 0) is 42.5 Å². The number of aliphatic hydroxyl groups is 1. The van der Waals surface area contributed by atoms with Crippen LogP contribution in [-0.2, 0) is 18.0 Å². The number of aliphatic hydroxyl groups excluding tert-OH is 1. The van der Waals surface area contributed by atoms with Crippen molar-refractivity contribution in [3.8, 4) is 0 Å². The van der Waals surface area contributed by atoms with Crippen LogP contribution < -0.4 is 5.32 Å². The van der Waals surface area contributed by atoms with E-state index < -0.39 is 0 Å². The molecule has 2 N–H and O–H groups in total. The maximum absolute atomic E-state index is 12.1. The Hall–Kier alpha value is -1.39. The van der Waals surface area contributed by atoms with Crippen molar-refractivity contribution in [2.45, 2.75) is 38.0 Å². The summed E-state index contributed by atoms with van der Waals surface area (Å²) in [6.07, 6.45) is 2.80. The molecule has 0 radical (unpaired) electrons. The number of benzene rings is 1.